The van der Waals surface area contributed by atoms with Gasteiger partial charge in [-0.25, -0.2) is 9.48 Å². The zero-order valence-electron chi connectivity index (χ0n) is 18.6. The van der Waals surface area contributed by atoms with Crippen LogP contribution < -0.4 is 10.2 Å². The molecule has 0 saturated heterocycles. The molecule has 33 heavy (non-hydrogen) atoms. The average Bonchev–Trinajstić information content (AvgIpc) is 3.27. The van der Waals surface area contributed by atoms with Gasteiger partial charge in [0.15, 0.2) is 0 Å². The lowest BCUT2D eigenvalue weighted by molar-refractivity contribution is -0.139. The Balaban J connectivity index is 1.72. The van der Waals surface area contributed by atoms with Crippen LogP contribution in [0.4, 0.5) is 11.6 Å². The van der Waals surface area contributed by atoms with E-state index in [2.05, 4.69) is 15.4 Å². The predicted octanol–water partition coefficient (Wildman–Crippen LogP) is 4.13. The van der Waals surface area contributed by atoms with Crippen LogP contribution in [0.1, 0.15) is 31.0 Å². The highest BCUT2D eigenvalue weighted by Gasteiger charge is 2.38. The fourth-order valence-corrected chi connectivity index (χ4v) is 3.95. The predicted molar refractivity (Wildman–Crippen MR) is 126 cm³/mol. The second-order valence-electron chi connectivity index (χ2n) is 7.68. The molecule has 9 heteroatoms. The third-order valence-electron chi connectivity index (χ3n) is 5.43. The van der Waals surface area contributed by atoms with Gasteiger partial charge in [-0.3, -0.25) is 4.79 Å². The zero-order chi connectivity index (χ0) is 23.5. The Kier molecular flexibility index (Phi) is 6.46. The van der Waals surface area contributed by atoms with E-state index in [9.17, 15) is 9.59 Å². The van der Waals surface area contributed by atoms with E-state index in [1.807, 2.05) is 31.2 Å². The second kappa shape index (κ2) is 9.46. The van der Waals surface area contributed by atoms with E-state index >= 15 is 0 Å². The lowest BCUT2D eigenvalue weighted by Gasteiger charge is -2.35. The number of aromatic nitrogens is 3. The van der Waals surface area contributed by atoms with Crippen molar-refractivity contribution in [3.05, 3.63) is 82.3 Å². The number of amides is 1. The van der Waals surface area contributed by atoms with Crippen molar-refractivity contribution in [2.75, 3.05) is 23.4 Å². The van der Waals surface area contributed by atoms with Crippen molar-refractivity contribution in [3.63, 3.8) is 0 Å². The lowest BCUT2D eigenvalue weighted by Crippen LogP contribution is -2.40. The molecule has 2 heterocycles. The molecule has 0 bridgehead atoms. The average molecular weight is 466 g/mol. The monoisotopic (exact) mass is 465 g/mol. The van der Waals surface area contributed by atoms with Gasteiger partial charge in [-0.1, -0.05) is 41.4 Å². The highest BCUT2D eigenvalue weighted by Crippen LogP contribution is 2.38. The van der Waals surface area contributed by atoms with E-state index in [1.165, 1.54) is 6.33 Å². The van der Waals surface area contributed by atoms with E-state index in [4.69, 9.17) is 16.3 Å². The summed E-state index contributed by atoms with van der Waals surface area (Å²) in [4.78, 5) is 32.0. The fraction of sp³-hybridized carbons (Fsp3) is 0.250. The fourth-order valence-electron chi connectivity index (χ4n) is 3.83. The Labute approximate surface area is 196 Å². The summed E-state index contributed by atoms with van der Waals surface area (Å²) in [6, 6.07) is 14.2. The van der Waals surface area contributed by atoms with Gasteiger partial charge in [0.25, 0.3) is 0 Å². The lowest BCUT2D eigenvalue weighted by atomic mass is 9.94. The normalized spacial score (nSPS) is 15.3. The molecule has 170 valence electrons. The van der Waals surface area contributed by atoms with Crippen LogP contribution in [0.5, 0.6) is 0 Å². The number of hydrogen-bond donors (Lipinski definition) is 1. The minimum Gasteiger partial charge on any atom is -0.463 e. The van der Waals surface area contributed by atoms with E-state index in [1.54, 1.807) is 47.7 Å². The first-order valence-corrected chi connectivity index (χ1v) is 10.9. The SMILES string of the molecule is CCOC(=O)C1=C(C)N(CC(=O)Nc2ccc(Cl)cc2)c2ncnn2[C@@H]1c1ccc(C)cc1. The highest BCUT2D eigenvalue weighted by atomic mass is 35.5. The molecule has 0 saturated carbocycles. The maximum Gasteiger partial charge on any atom is 0.338 e. The summed E-state index contributed by atoms with van der Waals surface area (Å²) < 4.78 is 7.03. The Morgan fingerprint density at radius 2 is 1.79 bits per heavy atom. The molecule has 0 fully saturated rings. The number of halogens is 1. The van der Waals surface area contributed by atoms with Crippen LogP contribution in [-0.2, 0) is 14.3 Å². The molecular weight excluding hydrogens is 442 g/mol. The number of benzene rings is 2. The maximum atomic E-state index is 13.1. The quantitative estimate of drug-likeness (QED) is 0.551. The number of ether oxygens (including phenoxy) is 1. The van der Waals surface area contributed by atoms with Crippen molar-refractivity contribution < 1.29 is 14.3 Å². The molecule has 1 aromatic heterocycles. The number of fused-ring (bicyclic) bond motifs is 1. The van der Waals surface area contributed by atoms with Crippen LogP contribution >= 0.6 is 11.6 Å². The Bertz CT molecular complexity index is 1200. The van der Waals surface area contributed by atoms with Gasteiger partial charge in [0.2, 0.25) is 11.9 Å². The van der Waals surface area contributed by atoms with Crippen LogP contribution in [0, 0.1) is 6.92 Å². The molecule has 3 aromatic rings. The number of anilines is 2. The molecular formula is C24H24ClN5O3. The van der Waals surface area contributed by atoms with Gasteiger partial charge >= 0.3 is 5.97 Å². The molecule has 1 amide bonds. The number of carbonyl (C=O) groups is 2. The van der Waals surface area contributed by atoms with Crippen LogP contribution in [0.15, 0.2) is 66.1 Å². The minimum atomic E-state index is -0.516. The summed E-state index contributed by atoms with van der Waals surface area (Å²) in [7, 11) is 0. The van der Waals surface area contributed by atoms with E-state index < -0.39 is 12.0 Å². The van der Waals surface area contributed by atoms with Gasteiger partial charge in [0, 0.05) is 16.4 Å². The van der Waals surface area contributed by atoms with Crippen molar-refractivity contribution in [2.45, 2.75) is 26.8 Å². The Hall–Kier alpha value is -3.65. The number of nitrogens with zero attached hydrogens (tertiary/aromatic N) is 4. The zero-order valence-corrected chi connectivity index (χ0v) is 19.3. The van der Waals surface area contributed by atoms with Gasteiger partial charge in [0.05, 0.1) is 12.2 Å². The van der Waals surface area contributed by atoms with Crippen molar-refractivity contribution in [1.82, 2.24) is 14.8 Å². The van der Waals surface area contributed by atoms with Gasteiger partial charge in [-0.2, -0.15) is 10.1 Å². The first kappa shape index (κ1) is 22.5. The molecule has 8 nitrogen and oxygen atoms in total. The summed E-state index contributed by atoms with van der Waals surface area (Å²) in [5, 5.41) is 7.81. The topological polar surface area (TPSA) is 89.3 Å². The molecule has 0 aliphatic carbocycles. The first-order valence-electron chi connectivity index (χ1n) is 10.6. The van der Waals surface area contributed by atoms with Crippen molar-refractivity contribution in [1.29, 1.82) is 0 Å². The van der Waals surface area contributed by atoms with E-state index in [0.29, 0.717) is 27.9 Å². The van der Waals surface area contributed by atoms with E-state index in [-0.39, 0.29) is 19.1 Å². The summed E-state index contributed by atoms with van der Waals surface area (Å²) in [5.74, 6) is -0.259. The van der Waals surface area contributed by atoms with Gasteiger partial charge < -0.3 is 15.0 Å². The number of esters is 1. The minimum absolute atomic E-state index is 0.0589. The summed E-state index contributed by atoms with van der Waals surface area (Å²) in [5.41, 5.74) is 3.60. The molecule has 0 radical (unpaired) electrons. The van der Waals surface area contributed by atoms with Gasteiger partial charge in [-0.05, 0) is 50.6 Å². The number of carbonyl (C=O) groups excluding carboxylic acids is 2. The number of hydrogen-bond acceptors (Lipinski definition) is 6. The Morgan fingerprint density at radius 1 is 1.09 bits per heavy atom. The molecule has 0 unspecified atom stereocenters. The van der Waals surface area contributed by atoms with Crippen LogP contribution in [0.25, 0.3) is 0 Å². The first-order chi connectivity index (χ1) is 15.9. The van der Waals surface area contributed by atoms with Gasteiger partial charge in [-0.15, -0.1) is 0 Å². The molecule has 4 rings (SSSR count). The smallest absolute Gasteiger partial charge is 0.338 e. The number of nitrogens with one attached hydrogen (secondary N) is 1. The maximum absolute atomic E-state index is 13.1. The molecule has 1 N–H and O–H groups in total. The molecule has 1 aliphatic heterocycles. The standard InChI is InChI=1S/C24H24ClN5O3/c1-4-33-23(32)21-16(3)29(13-20(31)28-19-11-9-18(25)10-12-19)24-26-14-27-30(24)22(21)17-7-5-15(2)6-8-17/h5-12,14,22H,4,13H2,1-3H3,(H,28,31)/t22-/m1/s1. The number of allylic oxidation sites excluding steroid dienone is 1. The van der Waals surface area contributed by atoms with E-state index in [0.717, 1.165) is 11.1 Å². The summed E-state index contributed by atoms with van der Waals surface area (Å²) in [6.45, 7) is 5.73. The van der Waals surface area contributed by atoms with Crippen LogP contribution in [0.2, 0.25) is 5.02 Å². The largest absolute Gasteiger partial charge is 0.463 e. The Morgan fingerprint density at radius 3 is 2.45 bits per heavy atom. The molecule has 1 aliphatic rings. The number of rotatable bonds is 6. The van der Waals surface area contributed by atoms with Crippen LogP contribution in [-0.4, -0.2) is 39.8 Å². The van der Waals surface area contributed by atoms with Crippen molar-refractivity contribution >= 4 is 35.1 Å². The van der Waals surface area contributed by atoms with Crippen molar-refractivity contribution in [2.24, 2.45) is 0 Å². The third kappa shape index (κ3) is 4.61. The van der Waals surface area contributed by atoms with Crippen LogP contribution in [0.3, 0.4) is 0 Å². The van der Waals surface area contributed by atoms with Gasteiger partial charge in [0.1, 0.15) is 18.9 Å². The summed E-state index contributed by atoms with van der Waals surface area (Å²) >= 11 is 5.92. The molecule has 2 aromatic carbocycles. The molecule has 1 atom stereocenters. The number of aryl methyl sites for hydroxylation is 1. The second-order valence-corrected chi connectivity index (χ2v) is 8.12. The van der Waals surface area contributed by atoms with Crippen molar-refractivity contribution in [3.8, 4) is 0 Å². The summed E-state index contributed by atoms with van der Waals surface area (Å²) in [6.07, 6.45) is 1.42. The highest BCUT2D eigenvalue weighted by molar-refractivity contribution is 6.30. The molecule has 0 spiro atoms. The third-order valence-corrected chi connectivity index (χ3v) is 5.68.